The van der Waals surface area contributed by atoms with Crippen LogP contribution < -0.4 is 5.32 Å². The Morgan fingerprint density at radius 2 is 1.88 bits per heavy atom. The zero-order valence-electron chi connectivity index (χ0n) is 14.2. The van der Waals surface area contributed by atoms with Crippen LogP contribution in [-0.4, -0.2) is 24.5 Å². The lowest BCUT2D eigenvalue weighted by molar-refractivity contribution is -0.150. The first kappa shape index (κ1) is 19.7. The molecule has 0 spiro atoms. The van der Waals surface area contributed by atoms with Gasteiger partial charge in [-0.15, -0.1) is 0 Å². The third-order valence-corrected chi connectivity index (χ3v) is 3.94. The lowest BCUT2D eigenvalue weighted by Gasteiger charge is -2.12. The number of ether oxygens (including phenoxy) is 1. The van der Waals surface area contributed by atoms with E-state index in [0.29, 0.717) is 23.6 Å². The van der Waals surface area contributed by atoms with Gasteiger partial charge < -0.3 is 10.1 Å². The van der Waals surface area contributed by atoms with Crippen molar-refractivity contribution in [1.29, 1.82) is 0 Å². The number of esters is 1. The molecule has 1 atom stereocenters. The van der Waals surface area contributed by atoms with E-state index >= 15 is 0 Å². The lowest BCUT2D eigenvalue weighted by atomic mass is 10.1. The fourth-order valence-corrected chi connectivity index (χ4v) is 2.36. The zero-order valence-corrected chi connectivity index (χ0v) is 15.0. The smallest absolute Gasteiger partial charge is 0.331 e. The summed E-state index contributed by atoms with van der Waals surface area (Å²) >= 11 is 5.99. The van der Waals surface area contributed by atoms with E-state index in [4.69, 9.17) is 16.3 Å². The molecule has 6 heteroatoms. The summed E-state index contributed by atoms with van der Waals surface area (Å²) in [5.74, 6) is -1.33. The van der Waals surface area contributed by atoms with Gasteiger partial charge in [0, 0.05) is 17.6 Å². The van der Waals surface area contributed by atoms with Crippen molar-refractivity contribution in [2.45, 2.75) is 19.4 Å². The fourth-order valence-electron chi connectivity index (χ4n) is 2.16. The van der Waals surface area contributed by atoms with Crippen LogP contribution >= 0.6 is 11.6 Å². The molecule has 26 heavy (non-hydrogen) atoms. The van der Waals surface area contributed by atoms with Gasteiger partial charge >= 0.3 is 5.97 Å². The van der Waals surface area contributed by atoms with Crippen LogP contribution in [0.5, 0.6) is 0 Å². The lowest BCUT2D eigenvalue weighted by Crippen LogP contribution is -2.36. The number of carbonyl (C=O) groups excluding carboxylic acids is 2. The summed E-state index contributed by atoms with van der Waals surface area (Å²) in [6, 6.07) is 13.1. The second-order valence-electron chi connectivity index (χ2n) is 5.60. The number of hydrogen-bond donors (Lipinski definition) is 1. The van der Waals surface area contributed by atoms with Gasteiger partial charge in [0.05, 0.1) is 0 Å². The molecule has 0 aliphatic rings. The molecule has 136 valence electrons. The quantitative estimate of drug-likeness (QED) is 0.592. The van der Waals surface area contributed by atoms with Crippen LogP contribution in [0.25, 0.3) is 6.08 Å². The molecule has 0 heterocycles. The average Bonchev–Trinajstić information content (AvgIpc) is 2.62. The molecule has 2 rings (SSSR count). The van der Waals surface area contributed by atoms with Crippen LogP contribution in [0.4, 0.5) is 4.39 Å². The van der Waals surface area contributed by atoms with E-state index in [9.17, 15) is 14.0 Å². The van der Waals surface area contributed by atoms with Crippen LogP contribution in [0, 0.1) is 5.82 Å². The number of carbonyl (C=O) groups is 2. The monoisotopic (exact) mass is 375 g/mol. The molecule has 0 saturated carbocycles. The standard InChI is InChI=1S/C20H19ClFNO3/c1-14(20(25)23-13-12-15-6-9-17(22)10-7-15)26-19(24)11-8-16-4-2-3-5-18(16)21/h2-11,14H,12-13H2,1H3,(H,23,25)/b11-8+/t14-/m1/s1. The van der Waals surface area contributed by atoms with Crippen molar-refractivity contribution >= 4 is 29.6 Å². The van der Waals surface area contributed by atoms with Crippen molar-refractivity contribution < 1.29 is 18.7 Å². The minimum Gasteiger partial charge on any atom is -0.449 e. The van der Waals surface area contributed by atoms with E-state index in [2.05, 4.69) is 5.32 Å². The van der Waals surface area contributed by atoms with Crippen LogP contribution in [0.3, 0.4) is 0 Å². The molecule has 0 aliphatic carbocycles. The Kier molecular flexibility index (Phi) is 7.36. The van der Waals surface area contributed by atoms with Crippen molar-refractivity contribution in [2.24, 2.45) is 0 Å². The summed E-state index contributed by atoms with van der Waals surface area (Å²) in [6.45, 7) is 1.86. The maximum atomic E-state index is 12.8. The molecule has 1 N–H and O–H groups in total. The largest absolute Gasteiger partial charge is 0.449 e. The van der Waals surface area contributed by atoms with Crippen molar-refractivity contribution in [3.8, 4) is 0 Å². The number of halogens is 2. The zero-order chi connectivity index (χ0) is 18.9. The maximum absolute atomic E-state index is 12.8. The normalized spacial score (nSPS) is 12.0. The fraction of sp³-hybridized carbons (Fsp3) is 0.200. The minimum atomic E-state index is -0.924. The number of amides is 1. The summed E-state index contributed by atoms with van der Waals surface area (Å²) in [7, 11) is 0. The summed E-state index contributed by atoms with van der Waals surface area (Å²) in [5.41, 5.74) is 1.58. The molecule has 0 fully saturated rings. The number of benzene rings is 2. The second kappa shape index (κ2) is 9.73. The van der Waals surface area contributed by atoms with Crippen molar-refractivity contribution in [3.05, 3.63) is 76.6 Å². The SMILES string of the molecule is C[C@@H](OC(=O)/C=C/c1ccccc1Cl)C(=O)NCCc1ccc(F)cc1. The van der Waals surface area contributed by atoms with Crippen LogP contribution in [0.2, 0.25) is 5.02 Å². The average molecular weight is 376 g/mol. The number of hydrogen-bond acceptors (Lipinski definition) is 3. The van der Waals surface area contributed by atoms with E-state index in [1.165, 1.54) is 31.2 Å². The molecule has 4 nitrogen and oxygen atoms in total. The van der Waals surface area contributed by atoms with Gasteiger partial charge in [-0.1, -0.05) is 41.9 Å². The minimum absolute atomic E-state index is 0.303. The van der Waals surface area contributed by atoms with Crippen LogP contribution in [0.1, 0.15) is 18.1 Å². The number of rotatable bonds is 7. The number of nitrogens with one attached hydrogen (secondary N) is 1. The highest BCUT2D eigenvalue weighted by atomic mass is 35.5. The Hall–Kier alpha value is -2.66. The van der Waals surface area contributed by atoms with E-state index in [-0.39, 0.29) is 5.82 Å². The molecule has 2 aromatic carbocycles. The molecular formula is C20H19ClFNO3. The molecule has 2 aromatic rings. The topological polar surface area (TPSA) is 55.4 Å². The first-order valence-corrected chi connectivity index (χ1v) is 8.49. The van der Waals surface area contributed by atoms with Crippen LogP contribution in [0.15, 0.2) is 54.6 Å². The molecule has 0 aromatic heterocycles. The Balaban J connectivity index is 1.76. The van der Waals surface area contributed by atoms with Gasteiger partial charge in [-0.2, -0.15) is 0 Å². The van der Waals surface area contributed by atoms with Gasteiger partial charge in [-0.3, -0.25) is 4.79 Å². The van der Waals surface area contributed by atoms with Gasteiger partial charge in [0.15, 0.2) is 6.10 Å². The Morgan fingerprint density at radius 3 is 2.58 bits per heavy atom. The van der Waals surface area contributed by atoms with Crippen LogP contribution in [-0.2, 0) is 20.7 Å². The Bertz CT molecular complexity index is 790. The molecule has 0 radical (unpaired) electrons. The molecule has 0 bridgehead atoms. The highest BCUT2D eigenvalue weighted by Crippen LogP contribution is 2.16. The third-order valence-electron chi connectivity index (χ3n) is 3.59. The van der Waals surface area contributed by atoms with Crippen molar-refractivity contribution in [3.63, 3.8) is 0 Å². The molecular weight excluding hydrogens is 357 g/mol. The van der Waals surface area contributed by atoms with Gasteiger partial charge in [0.1, 0.15) is 5.82 Å². The van der Waals surface area contributed by atoms with E-state index in [0.717, 1.165) is 5.56 Å². The van der Waals surface area contributed by atoms with Crippen molar-refractivity contribution in [2.75, 3.05) is 6.54 Å². The molecule has 0 aliphatic heterocycles. The Morgan fingerprint density at radius 1 is 1.19 bits per heavy atom. The summed E-state index contributed by atoms with van der Waals surface area (Å²) in [4.78, 5) is 23.8. The van der Waals surface area contributed by atoms with Gasteiger partial charge in [0.2, 0.25) is 0 Å². The van der Waals surface area contributed by atoms with Crippen molar-refractivity contribution in [1.82, 2.24) is 5.32 Å². The third kappa shape index (κ3) is 6.33. The summed E-state index contributed by atoms with van der Waals surface area (Å²) in [5, 5.41) is 3.20. The maximum Gasteiger partial charge on any atom is 0.331 e. The summed E-state index contributed by atoms with van der Waals surface area (Å²) < 4.78 is 17.9. The molecule has 1 amide bonds. The highest BCUT2D eigenvalue weighted by molar-refractivity contribution is 6.32. The molecule has 0 unspecified atom stereocenters. The van der Waals surface area contributed by atoms with Gasteiger partial charge in [-0.25, -0.2) is 9.18 Å². The van der Waals surface area contributed by atoms with Gasteiger partial charge in [-0.05, 0) is 48.7 Å². The first-order valence-electron chi connectivity index (χ1n) is 8.11. The predicted molar refractivity (Wildman–Crippen MR) is 99.2 cm³/mol. The predicted octanol–water partition coefficient (Wildman–Crippen LogP) is 3.78. The first-order chi connectivity index (χ1) is 12.5. The highest BCUT2D eigenvalue weighted by Gasteiger charge is 2.15. The molecule has 0 saturated heterocycles. The summed E-state index contributed by atoms with van der Waals surface area (Å²) in [6.07, 6.45) is 2.39. The van der Waals surface area contributed by atoms with E-state index < -0.39 is 18.0 Å². The Labute approximate surface area is 156 Å². The second-order valence-corrected chi connectivity index (χ2v) is 6.01. The van der Waals surface area contributed by atoms with E-state index in [1.807, 2.05) is 0 Å². The van der Waals surface area contributed by atoms with E-state index in [1.54, 1.807) is 36.4 Å². The van der Waals surface area contributed by atoms with Gasteiger partial charge in [0.25, 0.3) is 5.91 Å².